The third-order valence-electron chi connectivity index (χ3n) is 4.57. The topological polar surface area (TPSA) is 43.1 Å². The van der Waals surface area contributed by atoms with Crippen LogP contribution in [-0.2, 0) is 16.6 Å². The van der Waals surface area contributed by atoms with Gasteiger partial charge in [-0.05, 0) is 41.8 Å². The van der Waals surface area contributed by atoms with Gasteiger partial charge >= 0.3 is 0 Å². The summed E-state index contributed by atoms with van der Waals surface area (Å²) in [6.07, 6.45) is 3.86. The molecule has 0 saturated heterocycles. The number of rotatable bonds is 4. The summed E-state index contributed by atoms with van der Waals surface area (Å²) in [5.74, 6) is 0.986. The van der Waals surface area contributed by atoms with Gasteiger partial charge in [0.25, 0.3) is 0 Å². The van der Waals surface area contributed by atoms with Crippen LogP contribution in [0.5, 0.6) is 0 Å². The van der Waals surface area contributed by atoms with Crippen molar-refractivity contribution in [1.82, 2.24) is 0 Å². The lowest BCUT2D eigenvalue weighted by Gasteiger charge is -2.20. The predicted octanol–water partition coefficient (Wildman–Crippen LogP) is 3.47. The number of carbonyl (C=O) groups is 1. The molecule has 1 saturated carbocycles. The Bertz CT molecular complexity index is 455. The van der Waals surface area contributed by atoms with Crippen molar-refractivity contribution in [1.29, 1.82) is 0 Å². The Morgan fingerprint density at radius 3 is 2.40 bits per heavy atom. The van der Waals surface area contributed by atoms with E-state index in [9.17, 15) is 4.79 Å². The fourth-order valence-electron chi connectivity index (χ4n) is 3.20. The first kappa shape index (κ1) is 15.2. The Labute approximate surface area is 122 Å². The summed E-state index contributed by atoms with van der Waals surface area (Å²) in [6.45, 7) is 7.27. The Morgan fingerprint density at radius 2 is 1.85 bits per heavy atom. The monoisotopic (exact) mass is 273 g/mol. The number of benzene rings is 1. The molecule has 0 heterocycles. The summed E-state index contributed by atoms with van der Waals surface area (Å²) in [6, 6.07) is 8.51. The molecular weight excluding hydrogens is 246 g/mol. The lowest BCUT2D eigenvalue weighted by molar-refractivity contribution is -0.123. The van der Waals surface area contributed by atoms with Gasteiger partial charge in [0.2, 0.25) is 0 Å². The highest BCUT2D eigenvalue weighted by Crippen LogP contribution is 2.32. The van der Waals surface area contributed by atoms with E-state index in [0.29, 0.717) is 24.7 Å². The first-order valence-corrected chi connectivity index (χ1v) is 7.74. The molecule has 2 N–H and O–H groups in total. The minimum absolute atomic E-state index is 0.165. The van der Waals surface area contributed by atoms with E-state index in [0.717, 1.165) is 24.8 Å². The zero-order valence-corrected chi connectivity index (χ0v) is 13.0. The van der Waals surface area contributed by atoms with E-state index < -0.39 is 0 Å². The van der Waals surface area contributed by atoms with Gasteiger partial charge in [0.15, 0.2) is 0 Å². The second-order valence-corrected chi connectivity index (χ2v) is 7.12. The smallest absolute Gasteiger partial charge is 0.140 e. The molecule has 110 valence electrons. The van der Waals surface area contributed by atoms with Crippen molar-refractivity contribution in [2.75, 3.05) is 6.54 Å². The third-order valence-corrected chi connectivity index (χ3v) is 4.57. The normalized spacial score (nSPS) is 23.0. The van der Waals surface area contributed by atoms with E-state index >= 15 is 0 Å². The number of Topliss-reactive ketones (excluding diaryl/α,β-unsaturated/α-hetero) is 1. The minimum Gasteiger partial charge on any atom is -0.330 e. The largest absolute Gasteiger partial charge is 0.330 e. The molecule has 20 heavy (non-hydrogen) atoms. The SMILES string of the molecule is CC(C)(C)c1ccc(CC(=O)C2CCCC2CN)cc1. The molecule has 0 spiro atoms. The Hall–Kier alpha value is -1.15. The summed E-state index contributed by atoms with van der Waals surface area (Å²) in [7, 11) is 0. The quantitative estimate of drug-likeness (QED) is 0.912. The van der Waals surface area contributed by atoms with E-state index in [2.05, 4.69) is 45.0 Å². The number of nitrogens with two attached hydrogens (primary N) is 1. The van der Waals surface area contributed by atoms with Crippen molar-refractivity contribution in [3.8, 4) is 0 Å². The summed E-state index contributed by atoms with van der Waals surface area (Å²) in [4.78, 5) is 12.4. The van der Waals surface area contributed by atoms with Crippen LogP contribution in [0, 0.1) is 11.8 Å². The van der Waals surface area contributed by atoms with Crippen molar-refractivity contribution in [3.05, 3.63) is 35.4 Å². The van der Waals surface area contributed by atoms with Gasteiger partial charge in [-0.2, -0.15) is 0 Å². The van der Waals surface area contributed by atoms with Crippen LogP contribution in [0.1, 0.15) is 51.2 Å². The van der Waals surface area contributed by atoms with Gasteiger partial charge in [-0.15, -0.1) is 0 Å². The van der Waals surface area contributed by atoms with Gasteiger partial charge in [-0.3, -0.25) is 4.79 Å². The van der Waals surface area contributed by atoms with Gasteiger partial charge in [-0.25, -0.2) is 0 Å². The second kappa shape index (κ2) is 6.09. The zero-order valence-electron chi connectivity index (χ0n) is 13.0. The summed E-state index contributed by atoms with van der Waals surface area (Å²) < 4.78 is 0. The molecule has 0 bridgehead atoms. The molecule has 1 fully saturated rings. The highest BCUT2D eigenvalue weighted by Gasteiger charge is 2.31. The number of hydrogen-bond acceptors (Lipinski definition) is 2. The minimum atomic E-state index is 0.165. The standard InChI is InChI=1S/C18H27NO/c1-18(2,3)15-9-7-13(8-10-15)11-17(20)16-6-4-5-14(16)12-19/h7-10,14,16H,4-6,11-12,19H2,1-3H3. The van der Waals surface area contributed by atoms with Crippen molar-refractivity contribution in [2.45, 2.75) is 51.9 Å². The van der Waals surface area contributed by atoms with Gasteiger partial charge in [0.05, 0.1) is 0 Å². The molecule has 2 atom stereocenters. The molecule has 2 rings (SSSR count). The summed E-state index contributed by atoms with van der Waals surface area (Å²) in [5.41, 5.74) is 8.38. The average molecular weight is 273 g/mol. The van der Waals surface area contributed by atoms with Crippen LogP contribution in [-0.4, -0.2) is 12.3 Å². The van der Waals surface area contributed by atoms with Gasteiger partial charge in [0.1, 0.15) is 5.78 Å². The Kier molecular flexibility index (Phi) is 4.64. The number of carbonyl (C=O) groups excluding carboxylic acids is 1. The second-order valence-electron chi connectivity index (χ2n) is 7.12. The van der Waals surface area contributed by atoms with Gasteiger partial charge in [0, 0.05) is 12.3 Å². The maximum Gasteiger partial charge on any atom is 0.140 e. The van der Waals surface area contributed by atoms with Crippen LogP contribution in [0.3, 0.4) is 0 Å². The highest BCUT2D eigenvalue weighted by atomic mass is 16.1. The van der Waals surface area contributed by atoms with Crippen molar-refractivity contribution in [2.24, 2.45) is 17.6 Å². The molecule has 1 aromatic carbocycles. The number of ketones is 1. The van der Waals surface area contributed by atoms with Crippen molar-refractivity contribution < 1.29 is 4.79 Å². The fraction of sp³-hybridized carbons (Fsp3) is 0.611. The van der Waals surface area contributed by atoms with E-state index in [1.54, 1.807) is 0 Å². The predicted molar refractivity (Wildman–Crippen MR) is 83.7 cm³/mol. The molecule has 2 heteroatoms. The molecule has 0 aromatic heterocycles. The molecule has 0 aliphatic heterocycles. The molecular formula is C18H27NO. The van der Waals surface area contributed by atoms with Crippen molar-refractivity contribution in [3.63, 3.8) is 0 Å². The third kappa shape index (κ3) is 3.49. The van der Waals surface area contributed by atoms with Gasteiger partial charge in [-0.1, -0.05) is 51.5 Å². The molecule has 1 aliphatic carbocycles. The maximum absolute atomic E-state index is 12.4. The van der Waals surface area contributed by atoms with Crippen LogP contribution in [0.4, 0.5) is 0 Å². The first-order chi connectivity index (χ1) is 9.41. The van der Waals surface area contributed by atoms with Crippen LogP contribution < -0.4 is 5.73 Å². The zero-order chi connectivity index (χ0) is 14.8. The van der Waals surface area contributed by atoms with E-state index in [-0.39, 0.29) is 11.3 Å². The van der Waals surface area contributed by atoms with E-state index in [1.807, 2.05) is 0 Å². The van der Waals surface area contributed by atoms with Crippen molar-refractivity contribution >= 4 is 5.78 Å². The number of hydrogen-bond donors (Lipinski definition) is 1. The first-order valence-electron chi connectivity index (χ1n) is 7.74. The lowest BCUT2D eigenvalue weighted by Crippen LogP contribution is -2.26. The Morgan fingerprint density at radius 1 is 1.20 bits per heavy atom. The lowest BCUT2D eigenvalue weighted by atomic mass is 9.85. The van der Waals surface area contributed by atoms with Crippen LogP contribution >= 0.6 is 0 Å². The van der Waals surface area contributed by atoms with Gasteiger partial charge < -0.3 is 5.73 Å². The molecule has 2 nitrogen and oxygen atoms in total. The molecule has 1 aliphatic rings. The van der Waals surface area contributed by atoms with Crippen LogP contribution in [0.25, 0.3) is 0 Å². The highest BCUT2D eigenvalue weighted by molar-refractivity contribution is 5.83. The summed E-state index contributed by atoms with van der Waals surface area (Å²) in [5, 5.41) is 0. The van der Waals surface area contributed by atoms with Crippen LogP contribution in [0.15, 0.2) is 24.3 Å². The molecule has 2 unspecified atom stereocenters. The fourth-order valence-corrected chi connectivity index (χ4v) is 3.20. The molecule has 1 aromatic rings. The Balaban J connectivity index is 2.01. The maximum atomic E-state index is 12.4. The molecule has 0 amide bonds. The average Bonchev–Trinajstić information content (AvgIpc) is 2.86. The van der Waals surface area contributed by atoms with Crippen LogP contribution in [0.2, 0.25) is 0 Å². The molecule has 0 radical (unpaired) electrons. The van der Waals surface area contributed by atoms with E-state index in [4.69, 9.17) is 5.73 Å². The van der Waals surface area contributed by atoms with E-state index in [1.165, 1.54) is 5.56 Å². The summed E-state index contributed by atoms with van der Waals surface area (Å²) >= 11 is 0.